The number of ketones is 1. The van der Waals surface area contributed by atoms with Gasteiger partial charge in [0.1, 0.15) is 5.75 Å². The van der Waals surface area contributed by atoms with Crippen LogP contribution in [-0.2, 0) is 0 Å². The molecule has 0 fully saturated rings. The third kappa shape index (κ3) is 4.02. The average Bonchev–Trinajstić information content (AvgIpc) is 2.95. The molecule has 0 atom stereocenters. The van der Waals surface area contributed by atoms with Gasteiger partial charge in [0.15, 0.2) is 17.3 Å². The van der Waals surface area contributed by atoms with Gasteiger partial charge < -0.3 is 14.2 Å². The van der Waals surface area contributed by atoms with Crippen LogP contribution in [0.1, 0.15) is 42.1 Å². The van der Waals surface area contributed by atoms with E-state index in [0.29, 0.717) is 34.4 Å². The molecule has 0 aliphatic carbocycles. The molecule has 26 heavy (non-hydrogen) atoms. The van der Waals surface area contributed by atoms with Gasteiger partial charge in [-0.2, -0.15) is 0 Å². The number of methoxy groups -OCH3 is 1. The van der Waals surface area contributed by atoms with E-state index in [1.54, 1.807) is 31.4 Å². The zero-order valence-corrected chi connectivity index (χ0v) is 15.6. The Kier molecular flexibility index (Phi) is 5.84. The number of halogens is 1. The van der Waals surface area contributed by atoms with Crippen LogP contribution in [-0.4, -0.2) is 19.5 Å². The molecule has 0 saturated carbocycles. The van der Waals surface area contributed by atoms with E-state index in [1.165, 1.54) is 0 Å². The van der Waals surface area contributed by atoms with Gasteiger partial charge >= 0.3 is 0 Å². The second-order valence-corrected chi connectivity index (χ2v) is 6.48. The summed E-state index contributed by atoms with van der Waals surface area (Å²) in [5.41, 5.74) is 1.27. The molecule has 0 bridgehead atoms. The molecule has 5 heteroatoms. The number of hydrogen-bond donors (Lipinski definition) is 0. The Morgan fingerprint density at radius 1 is 1.12 bits per heavy atom. The molecule has 2 aromatic carbocycles. The quantitative estimate of drug-likeness (QED) is 0.473. The Hall–Kier alpha value is -2.46. The number of Topliss-reactive ketones (excluding diaryl/α,β-unsaturated/α-hetero) is 1. The number of ether oxygens (including phenoxy) is 3. The highest BCUT2D eigenvalue weighted by molar-refractivity contribution is 6.31. The maximum atomic E-state index is 12.5. The minimum absolute atomic E-state index is 0.179. The fourth-order valence-corrected chi connectivity index (χ4v) is 2.91. The van der Waals surface area contributed by atoms with Crippen LogP contribution >= 0.6 is 11.6 Å². The van der Waals surface area contributed by atoms with Crippen molar-refractivity contribution in [2.45, 2.75) is 26.2 Å². The first-order valence-electron chi connectivity index (χ1n) is 8.67. The normalized spacial score (nSPS) is 14.3. The maximum absolute atomic E-state index is 12.5. The van der Waals surface area contributed by atoms with Crippen LogP contribution in [0.3, 0.4) is 0 Å². The first-order chi connectivity index (χ1) is 12.6. The summed E-state index contributed by atoms with van der Waals surface area (Å²) < 4.78 is 16.9. The summed E-state index contributed by atoms with van der Waals surface area (Å²) in [5, 5.41) is 0.508. The van der Waals surface area contributed by atoms with Gasteiger partial charge in [0.2, 0.25) is 5.78 Å². The molecular weight excluding hydrogens is 352 g/mol. The third-order valence-electron chi connectivity index (χ3n) is 4.12. The number of carbonyl (C=O) groups is 1. The van der Waals surface area contributed by atoms with Gasteiger partial charge in [-0.1, -0.05) is 37.4 Å². The average molecular weight is 373 g/mol. The Balaban J connectivity index is 1.78. The van der Waals surface area contributed by atoms with Crippen LogP contribution in [0.25, 0.3) is 6.08 Å². The van der Waals surface area contributed by atoms with Crippen molar-refractivity contribution in [1.82, 2.24) is 0 Å². The fourth-order valence-electron chi connectivity index (χ4n) is 2.74. The van der Waals surface area contributed by atoms with Gasteiger partial charge in [-0.05, 0) is 48.4 Å². The summed E-state index contributed by atoms with van der Waals surface area (Å²) in [6.45, 7) is 2.81. The van der Waals surface area contributed by atoms with Crippen LogP contribution in [0.5, 0.6) is 17.2 Å². The van der Waals surface area contributed by atoms with E-state index in [0.717, 1.165) is 24.8 Å². The molecular formula is C21H21ClO4. The fraction of sp³-hybridized carbons (Fsp3) is 0.286. The Bertz CT molecular complexity index is 842. The zero-order valence-electron chi connectivity index (χ0n) is 14.9. The van der Waals surface area contributed by atoms with Crippen molar-refractivity contribution in [2.24, 2.45) is 0 Å². The third-order valence-corrected chi connectivity index (χ3v) is 4.36. The van der Waals surface area contributed by atoms with Crippen LogP contribution < -0.4 is 14.2 Å². The van der Waals surface area contributed by atoms with Crippen LogP contribution in [0, 0.1) is 0 Å². The summed E-state index contributed by atoms with van der Waals surface area (Å²) >= 11 is 5.96. The summed E-state index contributed by atoms with van der Waals surface area (Å²) in [6, 6.07) is 10.6. The molecule has 1 aliphatic rings. The molecule has 0 amide bonds. The summed E-state index contributed by atoms with van der Waals surface area (Å²) in [6.07, 6.45) is 4.99. The molecule has 4 nitrogen and oxygen atoms in total. The zero-order chi connectivity index (χ0) is 18.5. The van der Waals surface area contributed by atoms with E-state index in [1.807, 2.05) is 18.2 Å². The van der Waals surface area contributed by atoms with Crippen molar-refractivity contribution in [2.75, 3.05) is 13.7 Å². The number of carbonyl (C=O) groups excluding carboxylic acids is 1. The van der Waals surface area contributed by atoms with E-state index < -0.39 is 0 Å². The predicted octanol–water partition coefficient (Wildman–Crippen LogP) is 5.53. The van der Waals surface area contributed by atoms with E-state index >= 15 is 0 Å². The first kappa shape index (κ1) is 18.3. The highest BCUT2D eigenvalue weighted by atomic mass is 35.5. The minimum atomic E-state index is -0.179. The number of hydrogen-bond acceptors (Lipinski definition) is 4. The molecule has 3 rings (SSSR count). The van der Waals surface area contributed by atoms with E-state index in [-0.39, 0.29) is 11.5 Å². The SMILES string of the molecule is CCCCCOc1ccc(/C=C2\Oc3ccc(Cl)cc3C2=O)cc1OC. The smallest absolute Gasteiger partial charge is 0.232 e. The number of fused-ring (bicyclic) bond motifs is 1. The molecule has 0 aromatic heterocycles. The molecule has 0 saturated heterocycles. The van der Waals surface area contributed by atoms with Crippen molar-refractivity contribution in [1.29, 1.82) is 0 Å². The molecule has 0 unspecified atom stereocenters. The summed E-state index contributed by atoms with van der Waals surface area (Å²) in [5.74, 6) is 1.93. The first-order valence-corrected chi connectivity index (χ1v) is 9.05. The predicted molar refractivity (Wildman–Crippen MR) is 102 cm³/mol. The highest BCUT2D eigenvalue weighted by Crippen LogP contribution is 2.35. The monoisotopic (exact) mass is 372 g/mol. The second kappa shape index (κ2) is 8.28. The molecule has 0 N–H and O–H groups in total. The van der Waals surface area contributed by atoms with Gasteiger partial charge in [0.25, 0.3) is 0 Å². The lowest BCUT2D eigenvalue weighted by Gasteiger charge is -2.11. The van der Waals surface area contributed by atoms with Gasteiger partial charge in [0, 0.05) is 5.02 Å². The lowest BCUT2D eigenvalue weighted by atomic mass is 10.1. The lowest BCUT2D eigenvalue weighted by Crippen LogP contribution is -2.00. The largest absolute Gasteiger partial charge is 0.493 e. The Labute approximate surface area is 158 Å². The standard InChI is InChI=1S/C21H21ClO4/c1-3-4-5-10-25-18-8-6-14(11-19(18)24-2)12-20-21(23)16-13-15(22)7-9-17(16)26-20/h6-9,11-13H,3-5,10H2,1-2H3/b20-12-. The van der Waals surface area contributed by atoms with Crippen LogP contribution in [0.4, 0.5) is 0 Å². The molecule has 2 aromatic rings. The molecule has 1 heterocycles. The second-order valence-electron chi connectivity index (χ2n) is 6.05. The number of allylic oxidation sites excluding steroid dienone is 1. The molecule has 136 valence electrons. The van der Waals surface area contributed by atoms with E-state index in [2.05, 4.69) is 6.92 Å². The molecule has 1 aliphatic heterocycles. The summed E-state index contributed by atoms with van der Waals surface area (Å²) in [4.78, 5) is 12.5. The van der Waals surface area contributed by atoms with Gasteiger partial charge in [-0.15, -0.1) is 0 Å². The van der Waals surface area contributed by atoms with Gasteiger partial charge in [0.05, 0.1) is 19.3 Å². The van der Waals surface area contributed by atoms with Crippen molar-refractivity contribution in [3.8, 4) is 17.2 Å². The van der Waals surface area contributed by atoms with Gasteiger partial charge in [-0.3, -0.25) is 4.79 Å². The van der Waals surface area contributed by atoms with Crippen molar-refractivity contribution >= 4 is 23.5 Å². The number of rotatable bonds is 7. The molecule has 0 spiro atoms. The topological polar surface area (TPSA) is 44.8 Å². The Morgan fingerprint density at radius 3 is 2.73 bits per heavy atom. The van der Waals surface area contributed by atoms with E-state index in [4.69, 9.17) is 25.8 Å². The van der Waals surface area contributed by atoms with Crippen LogP contribution in [0.2, 0.25) is 5.02 Å². The Morgan fingerprint density at radius 2 is 1.96 bits per heavy atom. The highest BCUT2D eigenvalue weighted by Gasteiger charge is 2.27. The van der Waals surface area contributed by atoms with Gasteiger partial charge in [-0.25, -0.2) is 0 Å². The van der Waals surface area contributed by atoms with Crippen molar-refractivity contribution in [3.05, 3.63) is 58.3 Å². The van der Waals surface area contributed by atoms with E-state index in [9.17, 15) is 4.79 Å². The van der Waals surface area contributed by atoms with Crippen LogP contribution in [0.15, 0.2) is 42.2 Å². The lowest BCUT2D eigenvalue weighted by molar-refractivity contribution is 0.101. The summed E-state index contributed by atoms with van der Waals surface area (Å²) in [7, 11) is 1.60. The molecule has 0 radical (unpaired) electrons. The maximum Gasteiger partial charge on any atom is 0.232 e. The number of benzene rings is 2. The number of unbranched alkanes of at least 4 members (excludes halogenated alkanes) is 2. The van der Waals surface area contributed by atoms with Crippen molar-refractivity contribution in [3.63, 3.8) is 0 Å². The van der Waals surface area contributed by atoms with Crippen molar-refractivity contribution < 1.29 is 19.0 Å². The minimum Gasteiger partial charge on any atom is -0.493 e.